The molecule has 0 radical (unpaired) electrons. The van der Waals surface area contributed by atoms with Crippen molar-refractivity contribution in [2.24, 2.45) is 0 Å². The fourth-order valence-electron chi connectivity index (χ4n) is 1.94. The van der Waals surface area contributed by atoms with Gasteiger partial charge in [-0.3, -0.25) is 4.31 Å². The lowest BCUT2D eigenvalue weighted by Crippen LogP contribution is -2.27. The number of anilines is 1. The molecular weight excluding hydrogens is 309 g/mol. The molecule has 0 bridgehead atoms. The first kappa shape index (κ1) is 16.1. The van der Waals surface area contributed by atoms with Crippen molar-refractivity contribution in [3.8, 4) is 11.5 Å². The third-order valence-electron chi connectivity index (χ3n) is 3.18. The molecule has 0 saturated heterocycles. The van der Waals surface area contributed by atoms with Crippen LogP contribution in [0.2, 0.25) is 0 Å². The monoisotopic (exact) mass is 325 g/mol. The summed E-state index contributed by atoms with van der Waals surface area (Å²) >= 11 is 0. The van der Waals surface area contributed by atoms with E-state index < -0.39 is 15.8 Å². The van der Waals surface area contributed by atoms with Crippen LogP contribution >= 0.6 is 0 Å². The number of rotatable bonds is 5. The highest BCUT2D eigenvalue weighted by Gasteiger charge is 2.26. The highest BCUT2D eigenvalue weighted by Crippen LogP contribution is 2.30. The zero-order valence-corrected chi connectivity index (χ0v) is 13.2. The van der Waals surface area contributed by atoms with Crippen LogP contribution in [-0.2, 0) is 10.0 Å². The first-order chi connectivity index (χ1) is 10.4. The van der Waals surface area contributed by atoms with Gasteiger partial charge in [-0.1, -0.05) is 6.07 Å². The highest BCUT2D eigenvalue weighted by molar-refractivity contribution is 7.92. The molecule has 0 amide bonds. The number of methoxy groups -OCH3 is 2. The Morgan fingerprint density at radius 1 is 1.05 bits per heavy atom. The second kappa shape index (κ2) is 6.23. The molecule has 0 aliphatic heterocycles. The lowest BCUT2D eigenvalue weighted by atomic mass is 10.3. The van der Waals surface area contributed by atoms with Gasteiger partial charge in [-0.15, -0.1) is 0 Å². The zero-order chi connectivity index (χ0) is 16.3. The summed E-state index contributed by atoms with van der Waals surface area (Å²) in [6, 6.07) is 9.92. The normalized spacial score (nSPS) is 11.1. The number of sulfonamides is 1. The molecule has 0 atom stereocenters. The van der Waals surface area contributed by atoms with Crippen molar-refractivity contribution < 1.29 is 22.3 Å². The third-order valence-corrected chi connectivity index (χ3v) is 4.99. The van der Waals surface area contributed by atoms with Gasteiger partial charge in [0.25, 0.3) is 10.0 Å². The summed E-state index contributed by atoms with van der Waals surface area (Å²) in [4.78, 5) is -0.236. The summed E-state index contributed by atoms with van der Waals surface area (Å²) < 4.78 is 50.0. The molecule has 0 spiro atoms. The van der Waals surface area contributed by atoms with E-state index >= 15 is 0 Å². The molecule has 0 saturated carbocycles. The number of ether oxygens (including phenoxy) is 2. The molecule has 5 nitrogen and oxygen atoms in total. The Morgan fingerprint density at radius 2 is 1.77 bits per heavy atom. The van der Waals surface area contributed by atoms with Gasteiger partial charge in [-0.05, 0) is 30.3 Å². The molecule has 0 unspecified atom stereocenters. The summed E-state index contributed by atoms with van der Waals surface area (Å²) in [5, 5.41) is 0. The van der Waals surface area contributed by atoms with Crippen LogP contribution < -0.4 is 13.8 Å². The Hall–Kier alpha value is -2.28. The maximum atomic E-state index is 13.4. The van der Waals surface area contributed by atoms with Gasteiger partial charge in [0.15, 0.2) is 0 Å². The molecule has 0 heterocycles. The van der Waals surface area contributed by atoms with Gasteiger partial charge in [0.2, 0.25) is 0 Å². The minimum Gasteiger partial charge on any atom is -0.497 e. The Bertz CT molecular complexity index is 777. The van der Waals surface area contributed by atoms with Gasteiger partial charge in [-0.2, -0.15) is 0 Å². The van der Waals surface area contributed by atoms with E-state index in [0.717, 1.165) is 16.4 Å². The SMILES string of the molecule is COc1cccc(N(C)S(=O)(=O)c2cc(F)ccc2OC)c1. The lowest BCUT2D eigenvalue weighted by molar-refractivity contribution is 0.401. The van der Waals surface area contributed by atoms with E-state index in [1.165, 1.54) is 27.3 Å². The molecule has 0 aromatic heterocycles. The standard InChI is InChI=1S/C15H16FNO4S/c1-17(12-5-4-6-13(10-12)20-2)22(18,19)15-9-11(16)7-8-14(15)21-3/h4-10H,1-3H3. The first-order valence-corrected chi connectivity index (χ1v) is 7.80. The van der Waals surface area contributed by atoms with Gasteiger partial charge in [0.05, 0.1) is 19.9 Å². The molecule has 118 valence electrons. The maximum absolute atomic E-state index is 13.4. The van der Waals surface area contributed by atoms with Crippen LogP contribution in [0.4, 0.5) is 10.1 Å². The predicted molar refractivity (Wildman–Crippen MR) is 81.5 cm³/mol. The van der Waals surface area contributed by atoms with Crippen LogP contribution in [0.25, 0.3) is 0 Å². The van der Waals surface area contributed by atoms with Crippen molar-refractivity contribution >= 4 is 15.7 Å². The summed E-state index contributed by atoms with van der Waals surface area (Å²) in [6.45, 7) is 0. The number of hydrogen-bond acceptors (Lipinski definition) is 4. The lowest BCUT2D eigenvalue weighted by Gasteiger charge is -2.21. The quantitative estimate of drug-likeness (QED) is 0.848. The van der Waals surface area contributed by atoms with Crippen LogP contribution in [0.1, 0.15) is 0 Å². The highest BCUT2D eigenvalue weighted by atomic mass is 32.2. The average molecular weight is 325 g/mol. The van der Waals surface area contributed by atoms with Crippen LogP contribution in [0.5, 0.6) is 11.5 Å². The first-order valence-electron chi connectivity index (χ1n) is 6.36. The van der Waals surface area contributed by atoms with E-state index in [2.05, 4.69) is 0 Å². The number of halogens is 1. The molecule has 0 fully saturated rings. The van der Waals surface area contributed by atoms with Gasteiger partial charge >= 0.3 is 0 Å². The van der Waals surface area contributed by atoms with Gasteiger partial charge in [-0.25, -0.2) is 12.8 Å². The molecule has 0 aliphatic rings. The molecular formula is C15H16FNO4S. The largest absolute Gasteiger partial charge is 0.497 e. The van der Waals surface area contributed by atoms with E-state index in [-0.39, 0.29) is 10.6 Å². The average Bonchev–Trinajstić information content (AvgIpc) is 2.54. The Balaban J connectivity index is 2.52. The molecule has 2 aromatic carbocycles. The van der Waals surface area contributed by atoms with Crippen molar-refractivity contribution in [1.82, 2.24) is 0 Å². The second-order valence-electron chi connectivity index (χ2n) is 4.47. The van der Waals surface area contributed by atoms with E-state index in [0.29, 0.717) is 11.4 Å². The smallest absolute Gasteiger partial charge is 0.267 e. The van der Waals surface area contributed by atoms with Crippen molar-refractivity contribution in [3.05, 3.63) is 48.3 Å². The molecule has 2 aromatic rings. The molecule has 0 aliphatic carbocycles. The van der Waals surface area contributed by atoms with Gasteiger partial charge in [0, 0.05) is 13.1 Å². The van der Waals surface area contributed by atoms with Gasteiger partial charge in [0.1, 0.15) is 22.2 Å². The maximum Gasteiger partial charge on any atom is 0.267 e. The molecule has 22 heavy (non-hydrogen) atoms. The minimum absolute atomic E-state index is 0.0798. The van der Waals surface area contributed by atoms with Gasteiger partial charge < -0.3 is 9.47 Å². The number of nitrogens with zero attached hydrogens (tertiary/aromatic N) is 1. The number of benzene rings is 2. The molecule has 2 rings (SSSR count). The Kier molecular flexibility index (Phi) is 4.56. The minimum atomic E-state index is -3.97. The van der Waals surface area contributed by atoms with Crippen LogP contribution in [-0.4, -0.2) is 29.7 Å². The van der Waals surface area contributed by atoms with E-state index in [4.69, 9.17) is 9.47 Å². The summed E-state index contributed by atoms with van der Waals surface area (Å²) in [6.07, 6.45) is 0. The summed E-state index contributed by atoms with van der Waals surface area (Å²) in [5.74, 6) is -0.0553. The third kappa shape index (κ3) is 2.99. The van der Waals surface area contributed by atoms with Crippen molar-refractivity contribution in [1.29, 1.82) is 0 Å². The fourth-order valence-corrected chi connectivity index (χ4v) is 3.30. The summed E-state index contributed by atoms with van der Waals surface area (Å²) in [5.41, 5.74) is 0.394. The van der Waals surface area contributed by atoms with Crippen LogP contribution in [0, 0.1) is 5.82 Å². The topological polar surface area (TPSA) is 55.8 Å². The Morgan fingerprint density at radius 3 is 2.41 bits per heavy atom. The zero-order valence-electron chi connectivity index (χ0n) is 12.4. The number of hydrogen-bond donors (Lipinski definition) is 0. The Labute approximate surface area is 128 Å². The van der Waals surface area contributed by atoms with Crippen molar-refractivity contribution in [2.75, 3.05) is 25.6 Å². The van der Waals surface area contributed by atoms with Crippen molar-refractivity contribution in [2.45, 2.75) is 4.90 Å². The summed E-state index contributed by atoms with van der Waals surface area (Å²) in [7, 11) is 0.234. The van der Waals surface area contributed by atoms with E-state index in [9.17, 15) is 12.8 Å². The van der Waals surface area contributed by atoms with Crippen molar-refractivity contribution in [3.63, 3.8) is 0 Å². The van der Waals surface area contributed by atoms with E-state index in [1.54, 1.807) is 24.3 Å². The van der Waals surface area contributed by atoms with Crippen LogP contribution in [0.15, 0.2) is 47.4 Å². The molecule has 7 heteroatoms. The molecule has 0 N–H and O–H groups in total. The second-order valence-corrected chi connectivity index (χ2v) is 6.41. The predicted octanol–water partition coefficient (Wildman–Crippen LogP) is 2.67. The fraction of sp³-hybridized carbons (Fsp3) is 0.200. The van der Waals surface area contributed by atoms with E-state index in [1.807, 2.05) is 0 Å². The van der Waals surface area contributed by atoms with Crippen LogP contribution in [0.3, 0.4) is 0 Å².